The number of likely N-dealkylation sites (N-methyl/N-ethyl adjacent to an activating group) is 1. The minimum Gasteiger partial charge on any atom is -0.380 e. The van der Waals surface area contributed by atoms with Crippen molar-refractivity contribution in [2.24, 2.45) is 0 Å². The number of nitrogens with one attached hydrogen (secondary N) is 1. The maximum atomic E-state index is 11.1. The van der Waals surface area contributed by atoms with Crippen molar-refractivity contribution in [3.05, 3.63) is 33.9 Å². The predicted octanol–water partition coefficient (Wildman–Crippen LogP) is 2.49. The number of nitro benzene ring substituents is 1. The van der Waals surface area contributed by atoms with Crippen LogP contribution in [0, 0.1) is 10.1 Å². The van der Waals surface area contributed by atoms with Gasteiger partial charge in [-0.3, -0.25) is 15.0 Å². The third-order valence-electron chi connectivity index (χ3n) is 2.90. The standard InChI is InChI=1S/C14H23N3O3/c1-4-15-13-7-6-12(10-14(13)17(18)19)11-16(3)8-9-20-5-2/h6-7,10,15H,4-5,8-9,11H2,1-3H3. The summed E-state index contributed by atoms with van der Waals surface area (Å²) in [7, 11) is 1.98. The van der Waals surface area contributed by atoms with Crippen LogP contribution in [0.5, 0.6) is 0 Å². The topological polar surface area (TPSA) is 67.6 Å². The van der Waals surface area contributed by atoms with Crippen LogP contribution in [0.1, 0.15) is 19.4 Å². The highest BCUT2D eigenvalue weighted by molar-refractivity contribution is 5.62. The van der Waals surface area contributed by atoms with E-state index in [2.05, 4.69) is 10.2 Å². The fourth-order valence-electron chi connectivity index (χ4n) is 1.92. The molecule has 20 heavy (non-hydrogen) atoms. The summed E-state index contributed by atoms with van der Waals surface area (Å²) in [5, 5.41) is 14.1. The van der Waals surface area contributed by atoms with Crippen molar-refractivity contribution >= 4 is 11.4 Å². The molecular formula is C14H23N3O3. The number of benzene rings is 1. The van der Waals surface area contributed by atoms with Crippen molar-refractivity contribution in [1.82, 2.24) is 4.90 Å². The fraction of sp³-hybridized carbons (Fsp3) is 0.571. The van der Waals surface area contributed by atoms with Crippen molar-refractivity contribution < 1.29 is 9.66 Å². The lowest BCUT2D eigenvalue weighted by atomic mass is 10.1. The summed E-state index contributed by atoms with van der Waals surface area (Å²) in [5.41, 5.74) is 1.62. The van der Waals surface area contributed by atoms with Gasteiger partial charge in [-0.25, -0.2) is 0 Å². The second-order valence-electron chi connectivity index (χ2n) is 4.57. The van der Waals surface area contributed by atoms with E-state index in [0.29, 0.717) is 32.0 Å². The van der Waals surface area contributed by atoms with Gasteiger partial charge < -0.3 is 10.1 Å². The monoisotopic (exact) mass is 281 g/mol. The first-order valence-corrected chi connectivity index (χ1v) is 6.86. The molecule has 0 amide bonds. The smallest absolute Gasteiger partial charge is 0.292 e. The average molecular weight is 281 g/mol. The largest absolute Gasteiger partial charge is 0.380 e. The van der Waals surface area contributed by atoms with Crippen molar-refractivity contribution in [2.45, 2.75) is 20.4 Å². The second-order valence-corrected chi connectivity index (χ2v) is 4.57. The van der Waals surface area contributed by atoms with E-state index in [4.69, 9.17) is 4.74 Å². The van der Waals surface area contributed by atoms with E-state index in [9.17, 15) is 10.1 Å². The van der Waals surface area contributed by atoms with Crippen molar-refractivity contribution in [3.63, 3.8) is 0 Å². The first kappa shape index (κ1) is 16.4. The van der Waals surface area contributed by atoms with E-state index in [1.54, 1.807) is 12.1 Å². The van der Waals surface area contributed by atoms with Crippen molar-refractivity contribution in [2.75, 3.05) is 38.7 Å². The molecule has 1 aromatic rings. The molecule has 1 rings (SSSR count). The van der Waals surface area contributed by atoms with Gasteiger partial charge >= 0.3 is 0 Å². The number of ether oxygens (including phenoxy) is 1. The Morgan fingerprint density at radius 1 is 1.40 bits per heavy atom. The maximum Gasteiger partial charge on any atom is 0.292 e. The van der Waals surface area contributed by atoms with Gasteiger partial charge in [-0.05, 0) is 32.5 Å². The average Bonchev–Trinajstić information content (AvgIpc) is 2.41. The Morgan fingerprint density at radius 2 is 2.15 bits per heavy atom. The summed E-state index contributed by atoms with van der Waals surface area (Å²) < 4.78 is 5.29. The van der Waals surface area contributed by atoms with E-state index in [-0.39, 0.29) is 10.6 Å². The molecule has 0 bridgehead atoms. The molecule has 6 heteroatoms. The summed E-state index contributed by atoms with van der Waals surface area (Å²) in [6.45, 7) is 7.38. The van der Waals surface area contributed by atoms with Crippen LogP contribution < -0.4 is 5.32 Å². The minimum absolute atomic E-state index is 0.127. The van der Waals surface area contributed by atoms with Crippen molar-refractivity contribution in [3.8, 4) is 0 Å². The third-order valence-corrected chi connectivity index (χ3v) is 2.90. The minimum atomic E-state index is -0.346. The summed E-state index contributed by atoms with van der Waals surface area (Å²) in [4.78, 5) is 12.8. The molecule has 112 valence electrons. The number of anilines is 1. The summed E-state index contributed by atoms with van der Waals surface area (Å²) in [6.07, 6.45) is 0. The molecule has 0 aromatic heterocycles. The van der Waals surface area contributed by atoms with E-state index in [1.807, 2.05) is 27.0 Å². The van der Waals surface area contributed by atoms with Gasteiger partial charge in [0.2, 0.25) is 0 Å². The first-order chi connectivity index (χ1) is 9.58. The van der Waals surface area contributed by atoms with Crippen LogP contribution in [-0.2, 0) is 11.3 Å². The molecule has 0 heterocycles. The van der Waals surface area contributed by atoms with Crippen LogP contribution in [0.2, 0.25) is 0 Å². The number of hydrogen-bond donors (Lipinski definition) is 1. The molecule has 0 saturated carbocycles. The molecule has 0 unspecified atom stereocenters. The van der Waals surface area contributed by atoms with Gasteiger partial charge in [0, 0.05) is 32.3 Å². The van der Waals surface area contributed by atoms with Gasteiger partial charge in [0.05, 0.1) is 11.5 Å². The van der Waals surface area contributed by atoms with E-state index < -0.39 is 0 Å². The van der Waals surface area contributed by atoms with E-state index >= 15 is 0 Å². The van der Waals surface area contributed by atoms with Crippen LogP contribution in [0.3, 0.4) is 0 Å². The van der Waals surface area contributed by atoms with Crippen LogP contribution in [0.4, 0.5) is 11.4 Å². The molecule has 0 spiro atoms. The van der Waals surface area contributed by atoms with Crippen molar-refractivity contribution in [1.29, 1.82) is 0 Å². The highest BCUT2D eigenvalue weighted by Crippen LogP contribution is 2.25. The van der Waals surface area contributed by atoms with Gasteiger partial charge in [0.25, 0.3) is 5.69 Å². The molecule has 1 aromatic carbocycles. The van der Waals surface area contributed by atoms with Gasteiger partial charge in [-0.2, -0.15) is 0 Å². The van der Waals surface area contributed by atoms with Crippen LogP contribution in [-0.4, -0.2) is 43.2 Å². The molecule has 0 aliphatic heterocycles. The molecular weight excluding hydrogens is 258 g/mol. The lowest BCUT2D eigenvalue weighted by Gasteiger charge is -2.16. The highest BCUT2D eigenvalue weighted by Gasteiger charge is 2.14. The molecule has 0 aliphatic carbocycles. The van der Waals surface area contributed by atoms with E-state index in [0.717, 1.165) is 12.1 Å². The van der Waals surface area contributed by atoms with Gasteiger partial charge in [0.15, 0.2) is 0 Å². The summed E-state index contributed by atoms with van der Waals surface area (Å²) >= 11 is 0. The van der Waals surface area contributed by atoms with Crippen LogP contribution in [0.25, 0.3) is 0 Å². The molecule has 0 atom stereocenters. The highest BCUT2D eigenvalue weighted by atomic mass is 16.6. The Morgan fingerprint density at radius 3 is 2.75 bits per heavy atom. The number of nitro groups is 1. The van der Waals surface area contributed by atoms with Gasteiger partial charge in [-0.1, -0.05) is 6.07 Å². The Balaban J connectivity index is 2.71. The lowest BCUT2D eigenvalue weighted by molar-refractivity contribution is -0.384. The van der Waals surface area contributed by atoms with Gasteiger partial charge in [0.1, 0.15) is 5.69 Å². The summed E-state index contributed by atoms with van der Waals surface area (Å²) in [6, 6.07) is 5.32. The second kappa shape index (κ2) is 8.50. The molecule has 0 fully saturated rings. The SMILES string of the molecule is CCNc1ccc(CN(C)CCOCC)cc1[N+](=O)[O-]. The number of hydrogen-bond acceptors (Lipinski definition) is 5. The third kappa shape index (κ3) is 5.14. The number of nitrogens with zero attached hydrogens (tertiary/aromatic N) is 2. The zero-order chi connectivity index (χ0) is 15.0. The maximum absolute atomic E-state index is 11.1. The fourth-order valence-corrected chi connectivity index (χ4v) is 1.92. The van der Waals surface area contributed by atoms with Gasteiger partial charge in [-0.15, -0.1) is 0 Å². The Kier molecular flexibility index (Phi) is 6.97. The zero-order valence-corrected chi connectivity index (χ0v) is 12.4. The molecule has 6 nitrogen and oxygen atoms in total. The lowest BCUT2D eigenvalue weighted by Crippen LogP contribution is -2.22. The Labute approximate surface area is 119 Å². The van der Waals surface area contributed by atoms with Crippen LogP contribution >= 0.6 is 0 Å². The molecule has 1 N–H and O–H groups in total. The number of rotatable bonds is 9. The first-order valence-electron chi connectivity index (χ1n) is 6.86. The quantitative estimate of drug-likeness (QED) is 0.428. The predicted molar refractivity (Wildman–Crippen MR) is 80.1 cm³/mol. The summed E-state index contributed by atoms with van der Waals surface area (Å²) in [5.74, 6) is 0. The Bertz CT molecular complexity index is 438. The molecule has 0 radical (unpaired) electrons. The van der Waals surface area contributed by atoms with E-state index in [1.165, 1.54) is 0 Å². The molecule has 0 aliphatic rings. The zero-order valence-electron chi connectivity index (χ0n) is 12.4. The normalized spacial score (nSPS) is 10.8. The molecule has 0 saturated heterocycles. The van der Waals surface area contributed by atoms with Crippen LogP contribution in [0.15, 0.2) is 18.2 Å². The Hall–Kier alpha value is -1.66.